The Bertz CT molecular complexity index is 479. The third kappa shape index (κ3) is 2.36. The number of benzene rings is 1. The number of nitrogens with zero attached hydrogens (tertiary/aromatic N) is 1. The molecular weight excluding hydrogens is 218 g/mol. The van der Waals surface area contributed by atoms with Gasteiger partial charge in [-0.3, -0.25) is 4.79 Å². The standard InChI is InChI=1S/C13H13NO3/c15-12(14-8-4-1-5-9-14)10-6-2-3-7-11(10)13(16)17/h1-4,6-7H,5,8-9H2,(H,16,17). The highest BCUT2D eigenvalue weighted by molar-refractivity contribution is 6.04. The lowest BCUT2D eigenvalue weighted by molar-refractivity contribution is 0.0678. The zero-order valence-electron chi connectivity index (χ0n) is 9.30. The van der Waals surface area contributed by atoms with Crippen LogP contribution in [0, 0.1) is 0 Å². The van der Waals surface area contributed by atoms with Crippen molar-refractivity contribution >= 4 is 11.9 Å². The van der Waals surface area contributed by atoms with Crippen molar-refractivity contribution in [2.45, 2.75) is 6.42 Å². The first-order valence-corrected chi connectivity index (χ1v) is 5.47. The molecule has 1 aromatic rings. The van der Waals surface area contributed by atoms with Crippen molar-refractivity contribution in [2.24, 2.45) is 0 Å². The Morgan fingerprint density at radius 2 is 1.82 bits per heavy atom. The molecule has 0 fully saturated rings. The van der Waals surface area contributed by atoms with Gasteiger partial charge in [0.1, 0.15) is 0 Å². The molecule has 1 heterocycles. The van der Waals surface area contributed by atoms with Gasteiger partial charge in [0.05, 0.1) is 11.1 Å². The second-order valence-corrected chi connectivity index (χ2v) is 3.86. The number of hydrogen-bond donors (Lipinski definition) is 1. The fourth-order valence-electron chi connectivity index (χ4n) is 1.85. The van der Waals surface area contributed by atoms with Gasteiger partial charge in [0.2, 0.25) is 0 Å². The number of hydrogen-bond acceptors (Lipinski definition) is 2. The summed E-state index contributed by atoms with van der Waals surface area (Å²) in [4.78, 5) is 24.8. The maximum Gasteiger partial charge on any atom is 0.336 e. The molecule has 0 atom stereocenters. The second kappa shape index (κ2) is 4.82. The van der Waals surface area contributed by atoms with Gasteiger partial charge < -0.3 is 10.0 Å². The molecule has 0 unspecified atom stereocenters. The average molecular weight is 231 g/mol. The van der Waals surface area contributed by atoms with Crippen molar-refractivity contribution in [1.82, 2.24) is 4.90 Å². The molecule has 1 aliphatic rings. The van der Waals surface area contributed by atoms with Gasteiger partial charge in [0.15, 0.2) is 0 Å². The van der Waals surface area contributed by atoms with Crippen molar-refractivity contribution in [3.8, 4) is 0 Å². The van der Waals surface area contributed by atoms with Crippen LogP contribution in [-0.2, 0) is 0 Å². The van der Waals surface area contributed by atoms with Crippen LogP contribution in [0.3, 0.4) is 0 Å². The zero-order chi connectivity index (χ0) is 12.3. The lowest BCUT2D eigenvalue weighted by atomic mass is 10.1. The summed E-state index contributed by atoms with van der Waals surface area (Å²) < 4.78 is 0. The number of carbonyl (C=O) groups is 2. The van der Waals surface area contributed by atoms with E-state index in [9.17, 15) is 9.59 Å². The van der Waals surface area contributed by atoms with Crippen molar-refractivity contribution in [3.05, 3.63) is 47.5 Å². The number of carboxylic acid groups (broad SMARTS) is 1. The molecular formula is C13H13NO3. The zero-order valence-corrected chi connectivity index (χ0v) is 9.30. The average Bonchev–Trinajstić information content (AvgIpc) is 2.39. The Morgan fingerprint density at radius 1 is 1.12 bits per heavy atom. The summed E-state index contributed by atoms with van der Waals surface area (Å²) in [7, 11) is 0. The predicted molar refractivity (Wildman–Crippen MR) is 63.1 cm³/mol. The molecule has 4 heteroatoms. The van der Waals surface area contributed by atoms with Gasteiger partial charge in [-0.1, -0.05) is 24.3 Å². The minimum atomic E-state index is -1.07. The number of rotatable bonds is 2. The molecule has 17 heavy (non-hydrogen) atoms. The lowest BCUT2D eigenvalue weighted by Gasteiger charge is -2.23. The van der Waals surface area contributed by atoms with E-state index in [1.54, 1.807) is 23.1 Å². The molecule has 0 bridgehead atoms. The lowest BCUT2D eigenvalue weighted by Crippen LogP contribution is -2.34. The maximum absolute atomic E-state index is 12.2. The van der Waals surface area contributed by atoms with Gasteiger partial charge in [-0.15, -0.1) is 0 Å². The monoisotopic (exact) mass is 231 g/mol. The summed E-state index contributed by atoms with van der Waals surface area (Å²) in [5.74, 6) is -1.28. The first-order valence-electron chi connectivity index (χ1n) is 5.47. The first kappa shape index (κ1) is 11.4. The third-order valence-corrected chi connectivity index (χ3v) is 2.73. The highest BCUT2D eigenvalue weighted by Crippen LogP contribution is 2.14. The van der Waals surface area contributed by atoms with Crippen molar-refractivity contribution in [1.29, 1.82) is 0 Å². The molecule has 88 valence electrons. The van der Waals surface area contributed by atoms with Crippen molar-refractivity contribution < 1.29 is 14.7 Å². The molecule has 1 N–H and O–H groups in total. The number of aromatic carboxylic acids is 1. The molecule has 0 aliphatic carbocycles. The fourth-order valence-corrected chi connectivity index (χ4v) is 1.85. The second-order valence-electron chi connectivity index (χ2n) is 3.86. The Hall–Kier alpha value is -2.10. The summed E-state index contributed by atoms with van der Waals surface area (Å²) in [5, 5.41) is 9.03. The number of carboxylic acids is 1. The summed E-state index contributed by atoms with van der Waals surface area (Å²) in [6.45, 7) is 1.19. The maximum atomic E-state index is 12.2. The van der Waals surface area contributed by atoms with E-state index in [1.165, 1.54) is 6.07 Å². The van der Waals surface area contributed by atoms with Crippen LogP contribution in [0.5, 0.6) is 0 Å². The normalized spacial score (nSPS) is 14.7. The van der Waals surface area contributed by atoms with Crippen LogP contribution in [0.1, 0.15) is 27.1 Å². The molecule has 0 aromatic heterocycles. The van der Waals surface area contributed by atoms with Gasteiger partial charge in [-0.05, 0) is 18.6 Å². The van der Waals surface area contributed by atoms with Crippen LogP contribution in [0.4, 0.5) is 0 Å². The van der Waals surface area contributed by atoms with Crippen LogP contribution in [-0.4, -0.2) is 35.0 Å². The summed E-state index contributed by atoms with van der Waals surface area (Å²) in [6.07, 6.45) is 4.76. The largest absolute Gasteiger partial charge is 0.478 e. The quantitative estimate of drug-likeness (QED) is 0.789. The van der Waals surface area contributed by atoms with Crippen LogP contribution in [0.15, 0.2) is 36.4 Å². The Kier molecular flexibility index (Phi) is 3.23. The van der Waals surface area contributed by atoms with Crippen LogP contribution in [0.2, 0.25) is 0 Å². The predicted octanol–water partition coefficient (Wildman–Crippen LogP) is 1.79. The molecule has 1 aromatic carbocycles. The van der Waals surface area contributed by atoms with Gasteiger partial charge >= 0.3 is 5.97 Å². The van der Waals surface area contributed by atoms with Crippen LogP contribution >= 0.6 is 0 Å². The Morgan fingerprint density at radius 3 is 2.41 bits per heavy atom. The smallest absolute Gasteiger partial charge is 0.336 e. The minimum absolute atomic E-state index is 0.0621. The molecule has 0 saturated carbocycles. The summed E-state index contributed by atoms with van der Waals surface area (Å²) in [6, 6.07) is 6.31. The molecule has 0 saturated heterocycles. The van der Waals surface area contributed by atoms with Gasteiger partial charge in [0.25, 0.3) is 5.91 Å². The van der Waals surface area contributed by atoms with E-state index in [-0.39, 0.29) is 17.0 Å². The number of carbonyl (C=O) groups excluding carboxylic acids is 1. The van der Waals surface area contributed by atoms with E-state index in [4.69, 9.17) is 5.11 Å². The Labute approximate surface area is 99.2 Å². The molecule has 2 rings (SSSR count). The van der Waals surface area contributed by atoms with Crippen molar-refractivity contribution in [3.63, 3.8) is 0 Å². The highest BCUT2D eigenvalue weighted by atomic mass is 16.4. The fraction of sp³-hybridized carbons (Fsp3) is 0.231. The summed E-state index contributed by atoms with van der Waals surface area (Å²) in [5.41, 5.74) is 0.322. The Balaban J connectivity index is 2.30. The van der Waals surface area contributed by atoms with Gasteiger partial charge in [-0.25, -0.2) is 4.79 Å². The van der Waals surface area contributed by atoms with E-state index in [1.807, 2.05) is 12.2 Å². The molecule has 1 amide bonds. The molecule has 0 radical (unpaired) electrons. The van der Waals surface area contributed by atoms with Gasteiger partial charge in [-0.2, -0.15) is 0 Å². The van der Waals surface area contributed by atoms with E-state index in [0.29, 0.717) is 13.1 Å². The summed E-state index contributed by atoms with van der Waals surface area (Å²) >= 11 is 0. The molecule has 0 spiro atoms. The van der Waals surface area contributed by atoms with E-state index >= 15 is 0 Å². The van der Waals surface area contributed by atoms with E-state index in [2.05, 4.69) is 0 Å². The first-order chi connectivity index (χ1) is 8.20. The molecule has 1 aliphatic heterocycles. The topological polar surface area (TPSA) is 57.6 Å². The van der Waals surface area contributed by atoms with Crippen molar-refractivity contribution in [2.75, 3.05) is 13.1 Å². The minimum Gasteiger partial charge on any atom is -0.478 e. The molecule has 4 nitrogen and oxygen atoms in total. The SMILES string of the molecule is O=C(O)c1ccccc1C(=O)N1CC=CCC1. The van der Waals surface area contributed by atoms with E-state index in [0.717, 1.165) is 6.42 Å². The van der Waals surface area contributed by atoms with Crippen LogP contribution in [0.25, 0.3) is 0 Å². The highest BCUT2D eigenvalue weighted by Gasteiger charge is 2.21. The third-order valence-electron chi connectivity index (χ3n) is 2.73. The van der Waals surface area contributed by atoms with E-state index < -0.39 is 5.97 Å². The number of amides is 1. The van der Waals surface area contributed by atoms with Gasteiger partial charge in [0, 0.05) is 13.1 Å². The van der Waals surface area contributed by atoms with Crippen LogP contribution < -0.4 is 0 Å².